The predicted molar refractivity (Wildman–Crippen MR) is 117 cm³/mol. The molecule has 3 heterocycles. The van der Waals surface area contributed by atoms with Crippen LogP contribution in [0, 0.1) is 0 Å². The van der Waals surface area contributed by atoms with Crippen LogP contribution in [0.25, 0.3) is 16.9 Å². The fourth-order valence-electron chi connectivity index (χ4n) is 3.91. The van der Waals surface area contributed by atoms with Crippen LogP contribution in [-0.2, 0) is 11.4 Å². The lowest BCUT2D eigenvalue weighted by Crippen LogP contribution is -2.33. The zero-order valence-corrected chi connectivity index (χ0v) is 17.9. The SMILES string of the molecule is COc1cc(CO)c(-c2cn3ccc(N4CCCN(C(C)=O)CC4)cc3n2)cc1Cl. The first kappa shape index (κ1) is 20.5. The fourth-order valence-corrected chi connectivity index (χ4v) is 4.15. The Morgan fingerprint density at radius 3 is 2.80 bits per heavy atom. The Morgan fingerprint density at radius 2 is 2.07 bits per heavy atom. The van der Waals surface area contributed by atoms with Crippen molar-refractivity contribution in [3.05, 3.63) is 47.2 Å². The van der Waals surface area contributed by atoms with Gasteiger partial charge in [0.2, 0.25) is 5.91 Å². The van der Waals surface area contributed by atoms with Gasteiger partial charge in [0.25, 0.3) is 0 Å². The van der Waals surface area contributed by atoms with Gasteiger partial charge in [-0.2, -0.15) is 0 Å². The maximum atomic E-state index is 11.7. The number of amides is 1. The number of aromatic nitrogens is 2. The van der Waals surface area contributed by atoms with Crippen molar-refractivity contribution in [2.45, 2.75) is 20.0 Å². The van der Waals surface area contributed by atoms with Gasteiger partial charge in [0, 0.05) is 62.8 Å². The number of halogens is 1. The highest BCUT2D eigenvalue weighted by atomic mass is 35.5. The maximum absolute atomic E-state index is 11.7. The number of hydrogen-bond acceptors (Lipinski definition) is 5. The molecule has 1 aliphatic heterocycles. The van der Waals surface area contributed by atoms with Crippen LogP contribution >= 0.6 is 11.6 Å². The van der Waals surface area contributed by atoms with Crippen LogP contribution in [0.4, 0.5) is 5.69 Å². The molecule has 0 aliphatic carbocycles. The lowest BCUT2D eigenvalue weighted by molar-refractivity contribution is -0.128. The molecule has 1 amide bonds. The van der Waals surface area contributed by atoms with Crippen LogP contribution in [0.15, 0.2) is 36.7 Å². The second kappa shape index (κ2) is 8.53. The summed E-state index contributed by atoms with van der Waals surface area (Å²) in [6, 6.07) is 7.64. The van der Waals surface area contributed by atoms with E-state index >= 15 is 0 Å². The van der Waals surface area contributed by atoms with Crippen molar-refractivity contribution in [2.24, 2.45) is 0 Å². The number of benzene rings is 1. The van der Waals surface area contributed by atoms with Gasteiger partial charge in [0.05, 0.1) is 24.4 Å². The number of ether oxygens (including phenoxy) is 1. The van der Waals surface area contributed by atoms with E-state index in [-0.39, 0.29) is 12.5 Å². The third kappa shape index (κ3) is 3.95. The van der Waals surface area contributed by atoms with E-state index in [1.807, 2.05) is 21.7 Å². The lowest BCUT2D eigenvalue weighted by Gasteiger charge is -2.23. The number of hydrogen-bond donors (Lipinski definition) is 1. The molecule has 8 heteroatoms. The average molecular weight is 429 g/mol. The summed E-state index contributed by atoms with van der Waals surface area (Å²) in [5.74, 6) is 0.652. The second-order valence-electron chi connectivity index (χ2n) is 7.43. The van der Waals surface area contributed by atoms with Crippen LogP contribution in [0.3, 0.4) is 0 Å². The minimum atomic E-state index is -0.136. The standard InChI is InChI=1S/C22H25ClN4O3/c1-15(29)25-5-3-6-26(9-8-25)17-4-7-27-13-20(24-22(27)11-17)18-12-19(23)21(30-2)10-16(18)14-28/h4,7,10-13,28H,3,5-6,8-9,14H2,1-2H3. The molecule has 4 rings (SSSR count). The number of anilines is 1. The smallest absolute Gasteiger partial charge is 0.219 e. The maximum Gasteiger partial charge on any atom is 0.219 e. The lowest BCUT2D eigenvalue weighted by atomic mass is 10.1. The fraction of sp³-hybridized carbons (Fsp3) is 0.364. The number of pyridine rings is 1. The molecule has 1 aromatic carbocycles. The molecule has 0 unspecified atom stereocenters. The molecular weight excluding hydrogens is 404 g/mol. The van der Waals surface area contributed by atoms with Crippen LogP contribution in [0.2, 0.25) is 5.02 Å². The summed E-state index contributed by atoms with van der Waals surface area (Å²) in [6.07, 6.45) is 4.85. The van der Waals surface area contributed by atoms with Crippen molar-refractivity contribution in [1.82, 2.24) is 14.3 Å². The summed E-state index contributed by atoms with van der Waals surface area (Å²) in [7, 11) is 1.55. The van der Waals surface area contributed by atoms with Crippen molar-refractivity contribution in [3.63, 3.8) is 0 Å². The van der Waals surface area contributed by atoms with Gasteiger partial charge in [0.15, 0.2) is 0 Å². The van der Waals surface area contributed by atoms with E-state index in [9.17, 15) is 9.90 Å². The van der Waals surface area contributed by atoms with Gasteiger partial charge in [-0.05, 0) is 30.2 Å². The van der Waals surface area contributed by atoms with E-state index < -0.39 is 0 Å². The van der Waals surface area contributed by atoms with E-state index in [1.165, 1.54) is 0 Å². The largest absolute Gasteiger partial charge is 0.495 e. The zero-order valence-electron chi connectivity index (χ0n) is 17.1. The molecule has 30 heavy (non-hydrogen) atoms. The van der Waals surface area contributed by atoms with Crippen LogP contribution in [-0.4, -0.2) is 58.6 Å². The number of carbonyl (C=O) groups excluding carboxylic acids is 1. The Labute approximate surface area is 180 Å². The van der Waals surface area contributed by atoms with Crippen LogP contribution < -0.4 is 9.64 Å². The highest BCUT2D eigenvalue weighted by Gasteiger charge is 2.18. The first-order chi connectivity index (χ1) is 14.5. The number of imidazole rings is 1. The van der Waals surface area contributed by atoms with Crippen LogP contribution in [0.5, 0.6) is 5.75 Å². The van der Waals surface area contributed by atoms with Gasteiger partial charge in [-0.1, -0.05) is 11.6 Å². The molecule has 0 bridgehead atoms. The molecule has 2 aromatic heterocycles. The molecule has 0 radical (unpaired) electrons. The molecule has 158 valence electrons. The number of fused-ring (bicyclic) bond motifs is 1. The number of rotatable bonds is 4. The third-order valence-corrected chi connectivity index (χ3v) is 5.87. The molecule has 1 N–H and O–H groups in total. The summed E-state index contributed by atoms with van der Waals surface area (Å²) >= 11 is 6.31. The van der Waals surface area contributed by atoms with Crippen molar-refractivity contribution >= 4 is 28.8 Å². The van der Waals surface area contributed by atoms with Crippen molar-refractivity contribution in [2.75, 3.05) is 38.2 Å². The second-order valence-corrected chi connectivity index (χ2v) is 7.83. The number of aliphatic hydroxyl groups excluding tert-OH is 1. The van der Waals surface area contributed by atoms with Gasteiger partial charge in [-0.3, -0.25) is 4.79 Å². The number of nitrogens with zero attached hydrogens (tertiary/aromatic N) is 4. The summed E-state index contributed by atoms with van der Waals surface area (Å²) in [6.45, 7) is 4.71. The van der Waals surface area contributed by atoms with Crippen molar-refractivity contribution < 1.29 is 14.6 Å². The van der Waals surface area contributed by atoms with Crippen molar-refractivity contribution in [3.8, 4) is 17.0 Å². The van der Waals surface area contributed by atoms with E-state index in [0.29, 0.717) is 16.3 Å². The van der Waals surface area contributed by atoms with E-state index in [0.717, 1.165) is 55.2 Å². The summed E-state index contributed by atoms with van der Waals surface area (Å²) in [4.78, 5) is 20.6. The molecule has 1 fully saturated rings. The zero-order chi connectivity index (χ0) is 21.3. The third-order valence-electron chi connectivity index (χ3n) is 5.57. The molecule has 7 nitrogen and oxygen atoms in total. The average Bonchev–Trinajstić information content (AvgIpc) is 3.00. The Morgan fingerprint density at radius 1 is 1.23 bits per heavy atom. The summed E-state index contributed by atoms with van der Waals surface area (Å²) in [5.41, 5.74) is 4.11. The van der Waals surface area contributed by atoms with E-state index in [1.54, 1.807) is 26.2 Å². The monoisotopic (exact) mass is 428 g/mol. The van der Waals surface area contributed by atoms with Gasteiger partial charge >= 0.3 is 0 Å². The first-order valence-corrected chi connectivity index (χ1v) is 10.3. The van der Waals surface area contributed by atoms with Gasteiger partial charge in [-0.15, -0.1) is 0 Å². The minimum Gasteiger partial charge on any atom is -0.495 e. The molecule has 3 aromatic rings. The highest BCUT2D eigenvalue weighted by Crippen LogP contribution is 2.34. The predicted octanol–water partition coefficient (Wildman–Crippen LogP) is 3.21. The van der Waals surface area contributed by atoms with Gasteiger partial charge < -0.3 is 24.0 Å². The quantitative estimate of drug-likeness (QED) is 0.691. The molecule has 1 aliphatic rings. The van der Waals surface area contributed by atoms with E-state index in [2.05, 4.69) is 17.0 Å². The topological polar surface area (TPSA) is 70.3 Å². The Bertz CT molecular complexity index is 1080. The summed E-state index contributed by atoms with van der Waals surface area (Å²) < 4.78 is 7.21. The van der Waals surface area contributed by atoms with Crippen LogP contribution in [0.1, 0.15) is 18.9 Å². The normalized spacial score (nSPS) is 14.8. The van der Waals surface area contributed by atoms with E-state index in [4.69, 9.17) is 21.3 Å². The summed E-state index contributed by atoms with van der Waals surface area (Å²) in [5, 5.41) is 10.3. The molecular formula is C22H25ClN4O3. The number of carbonyl (C=O) groups is 1. The van der Waals surface area contributed by atoms with Gasteiger partial charge in [0.1, 0.15) is 11.4 Å². The Kier molecular flexibility index (Phi) is 5.83. The number of methoxy groups -OCH3 is 1. The highest BCUT2D eigenvalue weighted by molar-refractivity contribution is 6.32. The Balaban J connectivity index is 1.65. The minimum absolute atomic E-state index is 0.128. The number of aliphatic hydroxyl groups is 1. The molecule has 1 saturated heterocycles. The molecule has 0 spiro atoms. The van der Waals surface area contributed by atoms with Crippen molar-refractivity contribution in [1.29, 1.82) is 0 Å². The molecule has 0 saturated carbocycles. The first-order valence-electron chi connectivity index (χ1n) is 9.97. The molecule has 0 atom stereocenters. The Hall–Kier alpha value is -2.77. The van der Waals surface area contributed by atoms with Gasteiger partial charge in [-0.25, -0.2) is 4.98 Å².